The minimum Gasteiger partial charge on any atom is -0.414 e. The summed E-state index contributed by atoms with van der Waals surface area (Å²) in [6.45, 7) is 10.9. The second kappa shape index (κ2) is 5.35. The van der Waals surface area contributed by atoms with E-state index in [9.17, 15) is 19.5 Å². The first-order valence-electron chi connectivity index (χ1n) is 9.96. The molecule has 152 valence electrons. The van der Waals surface area contributed by atoms with Gasteiger partial charge in [-0.1, -0.05) is 39.3 Å². The lowest BCUT2D eigenvalue weighted by atomic mass is 9.42. The number of hydrogen-bond donors (Lipinski definition) is 1. The van der Waals surface area contributed by atoms with Crippen molar-refractivity contribution in [2.24, 2.45) is 22.2 Å². The lowest BCUT2D eigenvalue weighted by Crippen LogP contribution is -2.71. The maximum Gasteiger partial charge on any atom is 0.325 e. The van der Waals surface area contributed by atoms with Crippen molar-refractivity contribution in [1.82, 2.24) is 0 Å². The molecule has 1 aliphatic heterocycles. The predicted octanol–water partition coefficient (Wildman–Crippen LogP) is 2.84. The fourth-order valence-electron chi connectivity index (χ4n) is 6.43. The van der Waals surface area contributed by atoms with Crippen LogP contribution in [0, 0.1) is 22.2 Å². The van der Waals surface area contributed by atoms with Gasteiger partial charge in [-0.05, 0) is 31.1 Å². The van der Waals surface area contributed by atoms with Gasteiger partial charge in [0, 0.05) is 17.9 Å². The Morgan fingerprint density at radius 3 is 2.54 bits per heavy atom. The average molecular weight is 388 g/mol. The zero-order valence-electron chi connectivity index (χ0n) is 17.0. The minimum absolute atomic E-state index is 0.127. The van der Waals surface area contributed by atoms with E-state index in [1.54, 1.807) is 12.2 Å². The molecule has 1 saturated heterocycles. The monoisotopic (exact) mass is 388 g/mol. The number of ether oxygens (including phenoxy) is 2. The summed E-state index contributed by atoms with van der Waals surface area (Å²) < 4.78 is 11.2. The molecule has 5 atom stereocenters. The first-order chi connectivity index (χ1) is 12.9. The number of fused-ring (bicyclic) bond motifs is 1. The molecule has 0 spiro atoms. The molecule has 6 nitrogen and oxygen atoms in total. The normalized spacial score (nSPS) is 46.0. The van der Waals surface area contributed by atoms with E-state index in [0.717, 1.165) is 12.8 Å². The van der Waals surface area contributed by atoms with Crippen molar-refractivity contribution in [3.8, 4) is 0 Å². The number of hydrogen-bond acceptors (Lipinski definition) is 6. The lowest BCUT2D eigenvalue weighted by molar-refractivity contribution is -0.248. The van der Waals surface area contributed by atoms with E-state index in [2.05, 4.69) is 6.58 Å². The topological polar surface area (TPSA) is 89.9 Å². The van der Waals surface area contributed by atoms with Crippen LogP contribution in [0.2, 0.25) is 0 Å². The highest BCUT2D eigenvalue weighted by Gasteiger charge is 2.85. The Kier molecular flexibility index (Phi) is 3.70. The van der Waals surface area contributed by atoms with Crippen LogP contribution >= 0.6 is 0 Å². The standard InChI is InChI=1S/C22H28O6/c1-6-19(5)10-11-21(26)14(12-19)15(24)22(27-13(2)23)16-18(3,4)8-7-9-20(16,21)17(25)28-22/h6,12,16,26H,1,7-11H2,2-5H3/t16-,19-,20-,21+,22+/m0/s1. The molecule has 0 aromatic heterocycles. The van der Waals surface area contributed by atoms with Crippen molar-refractivity contribution in [3.63, 3.8) is 0 Å². The molecule has 0 radical (unpaired) electrons. The molecule has 0 aromatic rings. The number of esters is 2. The molecule has 2 saturated carbocycles. The zero-order chi connectivity index (χ0) is 20.8. The summed E-state index contributed by atoms with van der Waals surface area (Å²) in [6.07, 6.45) is 6.12. The Labute approximate surface area is 165 Å². The molecule has 3 aliphatic carbocycles. The van der Waals surface area contributed by atoms with Gasteiger partial charge in [-0.15, -0.1) is 6.58 Å². The Hall–Kier alpha value is -1.95. The molecule has 0 unspecified atom stereocenters. The van der Waals surface area contributed by atoms with Gasteiger partial charge in [0.15, 0.2) is 0 Å². The molecule has 0 amide bonds. The van der Waals surface area contributed by atoms with Crippen LogP contribution in [0.4, 0.5) is 0 Å². The second-order valence-electron chi connectivity index (χ2n) is 9.85. The molecule has 6 heteroatoms. The molecule has 4 aliphatic rings. The van der Waals surface area contributed by atoms with E-state index in [-0.39, 0.29) is 12.0 Å². The van der Waals surface area contributed by atoms with Crippen LogP contribution in [0.25, 0.3) is 0 Å². The second-order valence-corrected chi connectivity index (χ2v) is 9.85. The highest BCUT2D eigenvalue weighted by Crippen LogP contribution is 2.72. The summed E-state index contributed by atoms with van der Waals surface area (Å²) in [5.41, 5.74) is -3.83. The van der Waals surface area contributed by atoms with Crippen molar-refractivity contribution in [2.75, 3.05) is 0 Å². The van der Waals surface area contributed by atoms with E-state index in [1.807, 2.05) is 20.8 Å². The van der Waals surface area contributed by atoms with E-state index in [1.165, 1.54) is 6.92 Å². The molecule has 2 bridgehead atoms. The first kappa shape index (κ1) is 19.4. The van der Waals surface area contributed by atoms with Gasteiger partial charge in [-0.2, -0.15) is 0 Å². The van der Waals surface area contributed by atoms with E-state index in [4.69, 9.17) is 9.47 Å². The Balaban J connectivity index is 2.05. The number of rotatable bonds is 2. The third-order valence-corrected chi connectivity index (χ3v) is 7.66. The summed E-state index contributed by atoms with van der Waals surface area (Å²) in [6, 6.07) is 0. The minimum atomic E-state index is -2.01. The molecule has 1 N–H and O–H groups in total. The Bertz CT molecular complexity index is 840. The van der Waals surface area contributed by atoms with Crippen LogP contribution in [-0.4, -0.2) is 34.2 Å². The predicted molar refractivity (Wildman–Crippen MR) is 99.7 cm³/mol. The van der Waals surface area contributed by atoms with Gasteiger partial charge in [0.25, 0.3) is 0 Å². The van der Waals surface area contributed by atoms with Crippen LogP contribution in [0.5, 0.6) is 0 Å². The largest absolute Gasteiger partial charge is 0.414 e. The summed E-state index contributed by atoms with van der Waals surface area (Å²) in [5.74, 6) is -4.68. The molecule has 3 fully saturated rings. The lowest BCUT2D eigenvalue weighted by Gasteiger charge is -2.60. The van der Waals surface area contributed by atoms with Crippen molar-refractivity contribution in [1.29, 1.82) is 0 Å². The van der Waals surface area contributed by atoms with Gasteiger partial charge in [-0.3, -0.25) is 14.4 Å². The fraction of sp³-hybridized carbons (Fsp3) is 0.682. The number of carbonyl (C=O) groups excluding carboxylic acids is 3. The van der Waals surface area contributed by atoms with Gasteiger partial charge in [0.2, 0.25) is 5.78 Å². The smallest absolute Gasteiger partial charge is 0.325 e. The summed E-state index contributed by atoms with van der Waals surface area (Å²) >= 11 is 0. The highest BCUT2D eigenvalue weighted by molar-refractivity contribution is 6.11. The zero-order valence-corrected chi connectivity index (χ0v) is 17.0. The molecular weight excluding hydrogens is 360 g/mol. The van der Waals surface area contributed by atoms with E-state index in [0.29, 0.717) is 12.8 Å². The van der Waals surface area contributed by atoms with Crippen molar-refractivity contribution < 1.29 is 29.0 Å². The maximum atomic E-state index is 13.8. The molecule has 4 rings (SSSR count). The van der Waals surface area contributed by atoms with Gasteiger partial charge in [0.1, 0.15) is 11.0 Å². The van der Waals surface area contributed by atoms with Crippen LogP contribution in [0.1, 0.15) is 59.8 Å². The first-order valence-corrected chi connectivity index (χ1v) is 9.96. The van der Waals surface area contributed by atoms with Gasteiger partial charge < -0.3 is 14.6 Å². The Morgan fingerprint density at radius 1 is 1.25 bits per heavy atom. The van der Waals surface area contributed by atoms with Crippen LogP contribution in [0.15, 0.2) is 24.3 Å². The SMILES string of the molecule is C=C[C@]1(C)C=C2C(=O)[C@@]3(OC(C)=O)OC(=O)[C@@]4(CCCC(C)(C)[C@H]34)[C@@]2(O)CC1. The van der Waals surface area contributed by atoms with Crippen LogP contribution in [0.3, 0.4) is 0 Å². The average Bonchev–Trinajstić information content (AvgIpc) is 2.85. The fourth-order valence-corrected chi connectivity index (χ4v) is 6.43. The number of aliphatic hydroxyl groups is 1. The third-order valence-electron chi connectivity index (χ3n) is 7.66. The number of ketones is 1. The number of Topliss-reactive ketones (excluding diaryl/α,β-unsaturated/α-hetero) is 1. The third kappa shape index (κ3) is 1.99. The van der Waals surface area contributed by atoms with Crippen LogP contribution in [-0.2, 0) is 23.9 Å². The summed E-state index contributed by atoms with van der Waals surface area (Å²) in [5, 5.41) is 11.9. The maximum absolute atomic E-state index is 13.8. The highest BCUT2D eigenvalue weighted by atomic mass is 16.7. The van der Waals surface area contributed by atoms with Crippen LogP contribution < -0.4 is 0 Å². The van der Waals surface area contributed by atoms with Crippen molar-refractivity contribution in [3.05, 3.63) is 24.3 Å². The molecule has 28 heavy (non-hydrogen) atoms. The van der Waals surface area contributed by atoms with E-state index >= 15 is 0 Å². The van der Waals surface area contributed by atoms with Gasteiger partial charge >= 0.3 is 17.7 Å². The van der Waals surface area contributed by atoms with E-state index < -0.39 is 51.3 Å². The quantitative estimate of drug-likeness (QED) is 0.578. The van der Waals surface area contributed by atoms with Crippen molar-refractivity contribution >= 4 is 17.7 Å². The molecular formula is C22H28O6. The summed E-state index contributed by atoms with van der Waals surface area (Å²) in [7, 11) is 0. The number of carbonyl (C=O) groups is 3. The molecule has 0 aromatic carbocycles. The van der Waals surface area contributed by atoms with Gasteiger partial charge in [0.05, 0.1) is 5.92 Å². The van der Waals surface area contributed by atoms with Crippen molar-refractivity contribution in [2.45, 2.75) is 71.2 Å². The number of allylic oxidation sites excluding steroid dienone is 2. The van der Waals surface area contributed by atoms with Gasteiger partial charge in [-0.25, -0.2) is 0 Å². The Morgan fingerprint density at radius 2 is 1.93 bits per heavy atom. The molecule has 1 heterocycles. The summed E-state index contributed by atoms with van der Waals surface area (Å²) in [4.78, 5) is 39.1.